The highest BCUT2D eigenvalue weighted by atomic mass is 32.2. The molecule has 0 saturated heterocycles. The minimum Gasteiger partial charge on any atom is -0.304 e. The molecule has 1 aromatic carbocycles. The molecule has 0 aromatic heterocycles. The highest BCUT2D eigenvalue weighted by Gasteiger charge is 2.39. The topological polar surface area (TPSA) is 78.9 Å². The van der Waals surface area contributed by atoms with Crippen LogP contribution in [0, 0.1) is 5.82 Å². The average molecular weight is 422 g/mol. The third kappa shape index (κ3) is 6.62. The molecule has 0 aliphatic rings. The lowest BCUT2D eigenvalue weighted by Gasteiger charge is -2.22. The zero-order valence-corrected chi connectivity index (χ0v) is 16.1. The summed E-state index contributed by atoms with van der Waals surface area (Å²) in [5.41, 5.74) is -1.73. The first-order valence-electron chi connectivity index (χ1n) is 7.38. The Hall–Kier alpha value is -1.00. The minimum atomic E-state index is -5.14. The molecule has 0 radical (unpaired) electrons. The minimum absolute atomic E-state index is 0.0328. The van der Waals surface area contributed by atoms with E-state index in [2.05, 4.69) is 4.18 Å². The molecule has 1 rings (SSSR count). The number of alkyl halides is 3. The molecule has 0 amide bonds. The molecule has 150 valence electrons. The largest absolute Gasteiger partial charge is 0.417 e. The Balaban J connectivity index is 3.18. The molecule has 0 bridgehead atoms. The monoisotopic (exact) mass is 422 g/mol. The SMILES string of the molecule is CC(C)OP(=O)(COS(=O)(=O)c1ccc(F)cc1C(F)(F)F)OC(C)C. The van der Waals surface area contributed by atoms with Crippen LogP contribution in [-0.4, -0.2) is 27.0 Å². The predicted molar refractivity (Wildman–Crippen MR) is 84.6 cm³/mol. The highest BCUT2D eigenvalue weighted by molar-refractivity contribution is 7.87. The Kier molecular flexibility index (Phi) is 7.40. The van der Waals surface area contributed by atoms with Crippen LogP contribution in [0.1, 0.15) is 33.3 Å². The van der Waals surface area contributed by atoms with Gasteiger partial charge in [-0.25, -0.2) is 4.39 Å². The summed E-state index contributed by atoms with van der Waals surface area (Å²) in [6.07, 6.45) is -7.51. The molecule has 0 N–H and O–H groups in total. The molecule has 0 fully saturated rings. The van der Waals surface area contributed by atoms with E-state index in [1.54, 1.807) is 0 Å². The van der Waals surface area contributed by atoms with Crippen molar-refractivity contribution in [2.45, 2.75) is 51.0 Å². The third-order valence-corrected chi connectivity index (χ3v) is 6.05. The van der Waals surface area contributed by atoms with Crippen molar-refractivity contribution in [1.82, 2.24) is 0 Å². The summed E-state index contributed by atoms with van der Waals surface area (Å²) >= 11 is 0. The first-order valence-corrected chi connectivity index (χ1v) is 10.5. The zero-order chi connectivity index (χ0) is 20.3. The van der Waals surface area contributed by atoms with Crippen LogP contribution in [0.3, 0.4) is 0 Å². The molecular weight excluding hydrogens is 403 g/mol. The Labute approximate surface area is 149 Å². The van der Waals surface area contributed by atoms with Gasteiger partial charge in [0.2, 0.25) is 0 Å². The van der Waals surface area contributed by atoms with Gasteiger partial charge in [-0.15, -0.1) is 0 Å². The molecule has 0 unspecified atom stereocenters. The second-order valence-corrected chi connectivity index (χ2v) is 9.24. The summed E-state index contributed by atoms with van der Waals surface area (Å²) in [4.78, 5) is -1.30. The molecule has 0 aliphatic heterocycles. The van der Waals surface area contributed by atoms with Gasteiger partial charge in [0.15, 0.2) is 6.35 Å². The lowest BCUT2D eigenvalue weighted by atomic mass is 10.2. The maximum Gasteiger partial charge on any atom is 0.417 e. The van der Waals surface area contributed by atoms with Gasteiger partial charge in [0.25, 0.3) is 10.1 Å². The van der Waals surface area contributed by atoms with Gasteiger partial charge in [-0.05, 0) is 45.9 Å². The Morgan fingerprint density at radius 2 is 1.58 bits per heavy atom. The number of rotatable bonds is 8. The summed E-state index contributed by atoms with van der Waals surface area (Å²) in [5, 5.41) is 0. The van der Waals surface area contributed by atoms with Crippen LogP contribution in [0.2, 0.25) is 0 Å². The van der Waals surface area contributed by atoms with Crippen LogP contribution in [0.5, 0.6) is 0 Å². The molecule has 6 nitrogen and oxygen atoms in total. The zero-order valence-electron chi connectivity index (χ0n) is 14.4. The number of benzene rings is 1. The Morgan fingerprint density at radius 3 is 2.00 bits per heavy atom. The van der Waals surface area contributed by atoms with Crippen LogP contribution >= 0.6 is 7.60 Å². The van der Waals surface area contributed by atoms with Gasteiger partial charge in [0.1, 0.15) is 10.7 Å². The molecule has 26 heavy (non-hydrogen) atoms. The summed E-state index contributed by atoms with van der Waals surface area (Å²) in [6.45, 7) is 6.03. The Morgan fingerprint density at radius 1 is 1.08 bits per heavy atom. The van der Waals surface area contributed by atoms with E-state index in [-0.39, 0.29) is 6.07 Å². The fraction of sp³-hybridized carbons (Fsp3) is 0.571. The smallest absolute Gasteiger partial charge is 0.304 e. The summed E-state index contributed by atoms with van der Waals surface area (Å²) in [6, 6.07) is 0.996. The van der Waals surface area contributed by atoms with E-state index < -0.39 is 58.7 Å². The molecule has 0 heterocycles. The highest BCUT2D eigenvalue weighted by Crippen LogP contribution is 2.51. The van der Waals surface area contributed by atoms with Crippen molar-refractivity contribution in [3.8, 4) is 0 Å². The Bertz CT molecular complexity index is 762. The quantitative estimate of drug-likeness (QED) is 0.348. The van der Waals surface area contributed by atoms with Gasteiger partial charge in [0, 0.05) is 0 Å². The van der Waals surface area contributed by atoms with Crippen LogP contribution in [0.4, 0.5) is 17.6 Å². The van der Waals surface area contributed by atoms with E-state index in [0.717, 1.165) is 0 Å². The van der Waals surface area contributed by atoms with Gasteiger partial charge >= 0.3 is 13.8 Å². The van der Waals surface area contributed by atoms with E-state index >= 15 is 0 Å². The average Bonchev–Trinajstić information content (AvgIpc) is 2.42. The summed E-state index contributed by atoms with van der Waals surface area (Å²) < 4.78 is 104. The van der Waals surface area contributed by atoms with E-state index in [1.807, 2.05) is 0 Å². The van der Waals surface area contributed by atoms with Crippen molar-refractivity contribution >= 4 is 17.7 Å². The fourth-order valence-electron chi connectivity index (χ4n) is 1.87. The third-order valence-electron chi connectivity index (χ3n) is 2.63. The van der Waals surface area contributed by atoms with Gasteiger partial charge in [-0.3, -0.25) is 8.75 Å². The second-order valence-electron chi connectivity index (χ2n) is 5.76. The molecule has 0 saturated carbocycles. The van der Waals surface area contributed by atoms with Crippen LogP contribution in [-0.2, 0) is 34.1 Å². The predicted octanol–water partition coefficient (Wildman–Crippen LogP) is 4.55. The number of halogens is 4. The van der Waals surface area contributed by atoms with Gasteiger partial charge in [0.05, 0.1) is 17.8 Å². The fourth-order valence-corrected chi connectivity index (χ4v) is 5.20. The van der Waals surface area contributed by atoms with Crippen molar-refractivity contribution in [3.63, 3.8) is 0 Å². The normalized spacial score (nSPS) is 13.6. The maximum absolute atomic E-state index is 13.1. The molecule has 0 spiro atoms. The molecule has 1 aromatic rings. The van der Waals surface area contributed by atoms with Crippen molar-refractivity contribution in [3.05, 3.63) is 29.6 Å². The molecule has 12 heteroatoms. The van der Waals surface area contributed by atoms with Crippen molar-refractivity contribution < 1.29 is 43.8 Å². The van der Waals surface area contributed by atoms with E-state index in [1.165, 1.54) is 27.7 Å². The first kappa shape index (κ1) is 23.0. The summed E-state index contributed by atoms with van der Waals surface area (Å²) in [7, 11) is -9.09. The summed E-state index contributed by atoms with van der Waals surface area (Å²) in [5.74, 6) is -1.27. The van der Waals surface area contributed by atoms with Crippen LogP contribution in [0.15, 0.2) is 23.1 Å². The molecule has 0 atom stereocenters. The van der Waals surface area contributed by atoms with Gasteiger partial charge < -0.3 is 9.05 Å². The second kappa shape index (κ2) is 8.35. The van der Waals surface area contributed by atoms with E-state index in [4.69, 9.17) is 9.05 Å². The van der Waals surface area contributed by atoms with E-state index in [0.29, 0.717) is 12.1 Å². The van der Waals surface area contributed by atoms with Crippen molar-refractivity contribution in [1.29, 1.82) is 0 Å². The lowest BCUT2D eigenvalue weighted by Crippen LogP contribution is -2.18. The first-order chi connectivity index (χ1) is 11.7. The van der Waals surface area contributed by atoms with E-state index in [9.17, 15) is 30.5 Å². The van der Waals surface area contributed by atoms with Crippen LogP contribution in [0.25, 0.3) is 0 Å². The number of hydrogen-bond donors (Lipinski definition) is 0. The van der Waals surface area contributed by atoms with Gasteiger partial charge in [-0.2, -0.15) is 21.6 Å². The standard InChI is InChI=1S/C14H19F4O6PS/c1-9(2)23-25(19,24-10(3)4)8-22-26(20,21)13-6-5-11(15)7-12(13)14(16,17)18/h5-7,9-10H,8H2,1-4H3. The molecule has 0 aliphatic carbocycles. The van der Waals surface area contributed by atoms with Crippen molar-refractivity contribution in [2.24, 2.45) is 0 Å². The number of hydrogen-bond acceptors (Lipinski definition) is 6. The van der Waals surface area contributed by atoms with Gasteiger partial charge in [-0.1, -0.05) is 0 Å². The van der Waals surface area contributed by atoms with Crippen LogP contribution < -0.4 is 0 Å². The van der Waals surface area contributed by atoms with Crippen molar-refractivity contribution in [2.75, 3.05) is 6.35 Å². The lowest BCUT2D eigenvalue weighted by molar-refractivity contribution is -0.140. The maximum atomic E-state index is 13.1. The molecular formula is C14H19F4O6PS.